The Labute approximate surface area is 132 Å². The standard InChI is InChI=1S/C15H17NO5S/c1-10(17)22-12(8-13(18)16(2)9-14(19)20)15(21)11-6-4-3-5-7-11/h3-7,12H,8-9H2,1-2H3,(H,19,20). The topological polar surface area (TPSA) is 91.8 Å². The highest BCUT2D eigenvalue weighted by molar-refractivity contribution is 8.14. The van der Waals surface area contributed by atoms with Crippen LogP contribution in [0.2, 0.25) is 0 Å². The van der Waals surface area contributed by atoms with E-state index in [2.05, 4.69) is 0 Å². The molecule has 0 saturated carbocycles. The lowest BCUT2D eigenvalue weighted by molar-refractivity contribution is -0.143. The van der Waals surface area contributed by atoms with Crippen LogP contribution in [0.4, 0.5) is 0 Å². The Kier molecular flexibility index (Phi) is 6.78. The van der Waals surface area contributed by atoms with Crippen molar-refractivity contribution < 1.29 is 24.3 Å². The van der Waals surface area contributed by atoms with Gasteiger partial charge in [0.05, 0.1) is 5.25 Å². The molecular formula is C15H17NO5S. The van der Waals surface area contributed by atoms with Gasteiger partial charge in [-0.2, -0.15) is 0 Å². The van der Waals surface area contributed by atoms with Gasteiger partial charge in [0.1, 0.15) is 6.54 Å². The maximum Gasteiger partial charge on any atom is 0.323 e. The zero-order valence-electron chi connectivity index (χ0n) is 12.3. The van der Waals surface area contributed by atoms with Gasteiger partial charge in [0.2, 0.25) is 5.91 Å². The summed E-state index contributed by atoms with van der Waals surface area (Å²) in [5.74, 6) is -1.95. The first kappa shape index (κ1) is 17.9. The molecule has 118 valence electrons. The fourth-order valence-electron chi connectivity index (χ4n) is 1.78. The third-order valence-corrected chi connectivity index (χ3v) is 3.81. The van der Waals surface area contributed by atoms with Crippen LogP contribution < -0.4 is 0 Å². The molecule has 1 amide bonds. The van der Waals surface area contributed by atoms with Crippen molar-refractivity contribution in [3.05, 3.63) is 35.9 Å². The second kappa shape index (κ2) is 8.33. The Morgan fingerprint density at radius 2 is 1.77 bits per heavy atom. The van der Waals surface area contributed by atoms with Crippen molar-refractivity contribution >= 4 is 34.5 Å². The number of ketones is 1. The number of rotatable bonds is 7. The Hall–Kier alpha value is -2.15. The molecule has 1 N–H and O–H groups in total. The average molecular weight is 323 g/mol. The van der Waals surface area contributed by atoms with Gasteiger partial charge in [0.25, 0.3) is 0 Å². The van der Waals surface area contributed by atoms with E-state index in [1.54, 1.807) is 30.3 Å². The summed E-state index contributed by atoms with van der Waals surface area (Å²) >= 11 is 0.784. The second-order valence-electron chi connectivity index (χ2n) is 4.68. The number of amides is 1. The molecule has 1 atom stereocenters. The highest BCUT2D eigenvalue weighted by Gasteiger charge is 2.27. The molecule has 0 aliphatic rings. The molecule has 0 aromatic heterocycles. The molecule has 7 heteroatoms. The number of nitrogens with zero attached hydrogens (tertiary/aromatic N) is 1. The number of benzene rings is 1. The highest BCUT2D eigenvalue weighted by Crippen LogP contribution is 2.21. The van der Waals surface area contributed by atoms with Crippen molar-refractivity contribution in [1.82, 2.24) is 4.90 Å². The van der Waals surface area contributed by atoms with Crippen molar-refractivity contribution in [2.75, 3.05) is 13.6 Å². The molecule has 0 radical (unpaired) electrons. The van der Waals surface area contributed by atoms with Crippen molar-refractivity contribution in [3.63, 3.8) is 0 Å². The minimum Gasteiger partial charge on any atom is -0.480 e. The summed E-state index contributed by atoms with van der Waals surface area (Å²) in [6.45, 7) is 0.872. The molecule has 1 unspecified atom stereocenters. The molecule has 0 aliphatic heterocycles. The lowest BCUT2D eigenvalue weighted by Gasteiger charge is -2.18. The number of carbonyl (C=O) groups excluding carboxylic acids is 3. The highest BCUT2D eigenvalue weighted by atomic mass is 32.2. The van der Waals surface area contributed by atoms with E-state index in [-0.39, 0.29) is 17.3 Å². The number of thioether (sulfide) groups is 1. The molecule has 1 aromatic rings. The second-order valence-corrected chi connectivity index (χ2v) is 6.06. The molecule has 0 aliphatic carbocycles. The SMILES string of the molecule is CC(=O)SC(CC(=O)N(C)CC(=O)O)C(=O)c1ccccc1. The number of Topliss-reactive ketones (excluding diaryl/α,β-unsaturated/α-hetero) is 1. The van der Waals surface area contributed by atoms with E-state index in [1.807, 2.05) is 0 Å². The summed E-state index contributed by atoms with van der Waals surface area (Å²) in [5, 5.41) is 7.55. The van der Waals surface area contributed by atoms with Crippen LogP contribution in [0, 0.1) is 0 Å². The van der Waals surface area contributed by atoms with Gasteiger partial charge in [-0.3, -0.25) is 19.2 Å². The van der Waals surface area contributed by atoms with E-state index < -0.39 is 23.7 Å². The molecular weight excluding hydrogens is 306 g/mol. The molecule has 6 nitrogen and oxygen atoms in total. The van der Waals surface area contributed by atoms with Crippen LogP contribution in [0.15, 0.2) is 30.3 Å². The Balaban J connectivity index is 2.85. The molecule has 0 fully saturated rings. The summed E-state index contributed by atoms with van der Waals surface area (Å²) < 4.78 is 0. The summed E-state index contributed by atoms with van der Waals surface area (Å²) in [7, 11) is 1.35. The first-order valence-corrected chi connectivity index (χ1v) is 7.41. The van der Waals surface area contributed by atoms with Gasteiger partial charge in [0, 0.05) is 26.0 Å². The number of carboxylic acid groups (broad SMARTS) is 1. The summed E-state index contributed by atoms with van der Waals surface area (Å²) in [5.41, 5.74) is 0.412. The van der Waals surface area contributed by atoms with Gasteiger partial charge in [-0.15, -0.1) is 0 Å². The van der Waals surface area contributed by atoms with Crippen LogP contribution in [-0.2, 0) is 14.4 Å². The van der Waals surface area contributed by atoms with Crippen LogP contribution in [0.25, 0.3) is 0 Å². The fraction of sp³-hybridized carbons (Fsp3) is 0.333. The van der Waals surface area contributed by atoms with E-state index >= 15 is 0 Å². The van der Waals surface area contributed by atoms with Crippen molar-refractivity contribution in [1.29, 1.82) is 0 Å². The van der Waals surface area contributed by atoms with E-state index in [4.69, 9.17) is 5.11 Å². The number of likely N-dealkylation sites (N-methyl/N-ethyl adjacent to an activating group) is 1. The van der Waals surface area contributed by atoms with Gasteiger partial charge in [-0.1, -0.05) is 42.1 Å². The van der Waals surface area contributed by atoms with E-state index in [1.165, 1.54) is 14.0 Å². The van der Waals surface area contributed by atoms with Crippen LogP contribution in [0.5, 0.6) is 0 Å². The Bertz CT molecular complexity index is 573. The third-order valence-electron chi connectivity index (χ3n) is 2.82. The molecule has 1 rings (SSSR count). The predicted molar refractivity (Wildman–Crippen MR) is 82.7 cm³/mol. The Morgan fingerprint density at radius 3 is 2.27 bits per heavy atom. The quantitative estimate of drug-likeness (QED) is 0.764. The van der Waals surface area contributed by atoms with Crippen LogP contribution in [-0.4, -0.2) is 51.6 Å². The zero-order valence-corrected chi connectivity index (χ0v) is 13.1. The zero-order chi connectivity index (χ0) is 16.7. The lowest BCUT2D eigenvalue weighted by Crippen LogP contribution is -2.35. The summed E-state index contributed by atoms with van der Waals surface area (Å²) in [4.78, 5) is 47.3. The van der Waals surface area contributed by atoms with Crippen LogP contribution in [0.3, 0.4) is 0 Å². The van der Waals surface area contributed by atoms with E-state index in [0.717, 1.165) is 16.7 Å². The Morgan fingerprint density at radius 1 is 1.18 bits per heavy atom. The van der Waals surface area contributed by atoms with Crippen molar-refractivity contribution in [3.8, 4) is 0 Å². The summed E-state index contributed by atoms with van der Waals surface area (Å²) in [6, 6.07) is 8.38. The first-order chi connectivity index (χ1) is 10.3. The van der Waals surface area contributed by atoms with Crippen molar-refractivity contribution in [2.45, 2.75) is 18.6 Å². The van der Waals surface area contributed by atoms with Gasteiger partial charge >= 0.3 is 5.97 Å². The van der Waals surface area contributed by atoms with E-state index in [0.29, 0.717) is 5.56 Å². The van der Waals surface area contributed by atoms with Gasteiger partial charge < -0.3 is 10.0 Å². The number of carbonyl (C=O) groups is 4. The van der Waals surface area contributed by atoms with Gasteiger partial charge in [-0.05, 0) is 0 Å². The number of carboxylic acids is 1. The number of hydrogen-bond acceptors (Lipinski definition) is 5. The van der Waals surface area contributed by atoms with Crippen molar-refractivity contribution in [2.24, 2.45) is 0 Å². The van der Waals surface area contributed by atoms with Crippen LogP contribution >= 0.6 is 11.8 Å². The lowest BCUT2D eigenvalue weighted by atomic mass is 10.1. The van der Waals surface area contributed by atoms with E-state index in [9.17, 15) is 19.2 Å². The third kappa shape index (κ3) is 5.69. The maximum atomic E-state index is 12.4. The molecule has 22 heavy (non-hydrogen) atoms. The number of hydrogen-bond donors (Lipinski definition) is 1. The summed E-state index contributed by atoms with van der Waals surface area (Å²) in [6.07, 6.45) is -0.220. The minimum absolute atomic E-state index is 0.220. The normalized spacial score (nSPS) is 11.5. The van der Waals surface area contributed by atoms with Gasteiger partial charge in [0.15, 0.2) is 10.9 Å². The van der Waals surface area contributed by atoms with Gasteiger partial charge in [-0.25, -0.2) is 0 Å². The molecule has 0 saturated heterocycles. The molecule has 0 bridgehead atoms. The molecule has 1 aromatic carbocycles. The smallest absolute Gasteiger partial charge is 0.323 e. The minimum atomic E-state index is -1.14. The monoisotopic (exact) mass is 323 g/mol. The molecule has 0 spiro atoms. The molecule has 0 heterocycles. The maximum absolute atomic E-state index is 12.4. The largest absolute Gasteiger partial charge is 0.480 e. The van der Waals surface area contributed by atoms with Crippen LogP contribution in [0.1, 0.15) is 23.7 Å². The average Bonchev–Trinajstić information content (AvgIpc) is 2.45. The number of aliphatic carboxylic acids is 1. The predicted octanol–water partition coefficient (Wildman–Crippen LogP) is 1.45. The first-order valence-electron chi connectivity index (χ1n) is 6.53. The fourth-order valence-corrected chi connectivity index (χ4v) is 2.65.